The summed E-state index contributed by atoms with van der Waals surface area (Å²) in [5.41, 5.74) is 2.33. The predicted octanol–water partition coefficient (Wildman–Crippen LogP) is 3.15. The molecule has 6 nitrogen and oxygen atoms in total. The maximum Gasteiger partial charge on any atom is 0.234 e. The second kappa shape index (κ2) is 7.31. The van der Waals surface area contributed by atoms with Crippen molar-refractivity contribution in [2.75, 3.05) is 18.5 Å². The normalized spacial score (nSPS) is 28.5. The number of amides is 2. The number of fused-ring (bicyclic) bond motifs is 1. The SMILES string of the molecule is CC(C)c1ccc(N2C[C@]34C=C[C@H](O3)C(C(=O)N(C)Cc3cccnc3)C4C2=O)cc1. The van der Waals surface area contributed by atoms with E-state index in [1.807, 2.05) is 36.4 Å². The quantitative estimate of drug-likeness (QED) is 0.701. The average molecular weight is 418 g/mol. The Hall–Kier alpha value is -2.99. The number of ether oxygens (including phenoxy) is 1. The molecule has 3 aliphatic heterocycles. The minimum Gasteiger partial charge on any atom is -0.360 e. The van der Waals surface area contributed by atoms with Gasteiger partial charge in [0.2, 0.25) is 11.8 Å². The van der Waals surface area contributed by atoms with Crippen molar-refractivity contribution in [1.82, 2.24) is 9.88 Å². The molecule has 1 aromatic carbocycles. The van der Waals surface area contributed by atoms with Gasteiger partial charge in [-0.05, 0) is 35.2 Å². The summed E-state index contributed by atoms with van der Waals surface area (Å²) >= 11 is 0. The fraction of sp³-hybridized carbons (Fsp3) is 0.400. The van der Waals surface area contributed by atoms with Gasteiger partial charge in [-0.1, -0.05) is 44.2 Å². The Balaban J connectivity index is 1.39. The van der Waals surface area contributed by atoms with Crippen molar-refractivity contribution in [3.05, 3.63) is 72.1 Å². The second-order valence-corrected chi connectivity index (χ2v) is 9.13. The van der Waals surface area contributed by atoms with Gasteiger partial charge in [-0.3, -0.25) is 14.6 Å². The molecule has 2 unspecified atom stereocenters. The highest BCUT2D eigenvalue weighted by Gasteiger charge is 2.67. The fourth-order valence-corrected chi connectivity index (χ4v) is 5.14. The highest BCUT2D eigenvalue weighted by Crippen LogP contribution is 2.53. The summed E-state index contributed by atoms with van der Waals surface area (Å²) in [5, 5.41) is 0. The first-order valence-electron chi connectivity index (χ1n) is 10.8. The predicted molar refractivity (Wildman–Crippen MR) is 117 cm³/mol. The number of anilines is 1. The number of hydrogen-bond donors (Lipinski definition) is 0. The molecule has 0 radical (unpaired) electrons. The van der Waals surface area contributed by atoms with Gasteiger partial charge in [-0.25, -0.2) is 0 Å². The molecular formula is C25H27N3O3. The van der Waals surface area contributed by atoms with Gasteiger partial charge in [0.25, 0.3) is 0 Å². The van der Waals surface area contributed by atoms with Crippen LogP contribution in [0.25, 0.3) is 0 Å². The van der Waals surface area contributed by atoms with Gasteiger partial charge in [0.15, 0.2) is 0 Å². The van der Waals surface area contributed by atoms with E-state index in [4.69, 9.17) is 4.74 Å². The van der Waals surface area contributed by atoms with Gasteiger partial charge in [-0.2, -0.15) is 0 Å². The molecule has 1 aromatic heterocycles. The first kappa shape index (κ1) is 19.9. The molecule has 0 aliphatic carbocycles. The third kappa shape index (κ3) is 3.17. The van der Waals surface area contributed by atoms with Crippen molar-refractivity contribution in [2.45, 2.75) is 38.0 Å². The first-order chi connectivity index (χ1) is 14.9. The molecule has 6 heteroatoms. The molecule has 2 aromatic rings. The Morgan fingerprint density at radius 2 is 2.06 bits per heavy atom. The highest BCUT2D eigenvalue weighted by atomic mass is 16.5. The molecule has 2 amide bonds. The third-order valence-electron chi connectivity index (χ3n) is 6.78. The molecule has 4 heterocycles. The molecule has 3 aliphatic rings. The molecule has 2 bridgehead atoms. The number of aromatic nitrogens is 1. The van der Waals surface area contributed by atoms with Crippen LogP contribution in [0.5, 0.6) is 0 Å². The average Bonchev–Trinajstić information content (AvgIpc) is 3.42. The zero-order valence-corrected chi connectivity index (χ0v) is 18.1. The number of nitrogens with zero attached hydrogens (tertiary/aromatic N) is 3. The summed E-state index contributed by atoms with van der Waals surface area (Å²) in [6.07, 6.45) is 7.07. The summed E-state index contributed by atoms with van der Waals surface area (Å²) in [7, 11) is 1.78. The second-order valence-electron chi connectivity index (χ2n) is 9.13. The van der Waals surface area contributed by atoms with E-state index in [1.54, 1.807) is 29.2 Å². The lowest BCUT2D eigenvalue weighted by Gasteiger charge is -2.27. The van der Waals surface area contributed by atoms with Crippen molar-refractivity contribution in [3.8, 4) is 0 Å². The van der Waals surface area contributed by atoms with E-state index in [-0.39, 0.29) is 17.9 Å². The molecule has 31 heavy (non-hydrogen) atoms. The Kier molecular flexibility index (Phi) is 4.70. The number of carbonyl (C=O) groups is 2. The Labute approximate surface area is 182 Å². The van der Waals surface area contributed by atoms with Gasteiger partial charge in [0, 0.05) is 31.7 Å². The molecular weight excluding hydrogens is 390 g/mol. The van der Waals surface area contributed by atoms with Crippen molar-refractivity contribution in [2.24, 2.45) is 11.8 Å². The zero-order chi connectivity index (χ0) is 21.8. The van der Waals surface area contributed by atoms with Crippen LogP contribution in [-0.2, 0) is 20.9 Å². The van der Waals surface area contributed by atoms with Crippen molar-refractivity contribution in [1.29, 1.82) is 0 Å². The van der Waals surface area contributed by atoms with Gasteiger partial charge in [-0.15, -0.1) is 0 Å². The number of pyridine rings is 1. The Bertz CT molecular complexity index is 1030. The largest absolute Gasteiger partial charge is 0.360 e. The maximum absolute atomic E-state index is 13.5. The Morgan fingerprint density at radius 3 is 2.74 bits per heavy atom. The lowest BCUT2D eigenvalue weighted by atomic mass is 9.76. The molecule has 5 rings (SSSR count). The van der Waals surface area contributed by atoms with Crippen LogP contribution < -0.4 is 4.90 Å². The third-order valence-corrected chi connectivity index (χ3v) is 6.78. The van der Waals surface area contributed by atoms with Crippen LogP contribution in [0.3, 0.4) is 0 Å². The van der Waals surface area contributed by atoms with Crippen LogP contribution in [0.15, 0.2) is 60.9 Å². The van der Waals surface area contributed by atoms with Gasteiger partial charge < -0.3 is 14.5 Å². The van der Waals surface area contributed by atoms with E-state index in [0.29, 0.717) is 19.0 Å². The lowest BCUT2D eigenvalue weighted by Crippen LogP contribution is -2.44. The van der Waals surface area contributed by atoms with Gasteiger partial charge in [0.1, 0.15) is 5.60 Å². The minimum atomic E-state index is -0.714. The van der Waals surface area contributed by atoms with Crippen molar-refractivity contribution < 1.29 is 14.3 Å². The summed E-state index contributed by atoms with van der Waals surface area (Å²) in [4.78, 5) is 34.5. The zero-order valence-electron chi connectivity index (χ0n) is 18.1. The number of hydrogen-bond acceptors (Lipinski definition) is 4. The molecule has 0 saturated carbocycles. The van der Waals surface area contributed by atoms with Crippen LogP contribution in [0, 0.1) is 11.8 Å². The van der Waals surface area contributed by atoms with E-state index in [0.717, 1.165) is 11.3 Å². The summed E-state index contributed by atoms with van der Waals surface area (Å²) in [6, 6.07) is 11.9. The van der Waals surface area contributed by atoms with E-state index in [2.05, 4.69) is 31.0 Å². The smallest absolute Gasteiger partial charge is 0.234 e. The summed E-state index contributed by atoms with van der Waals surface area (Å²) in [5.74, 6) is -0.650. The van der Waals surface area contributed by atoms with Crippen LogP contribution in [-0.4, -0.2) is 47.0 Å². The standard InChI is InChI=1S/C25H27N3O3/c1-16(2)18-6-8-19(9-7-18)28-15-25-11-10-20(31-25)21(22(25)24(28)30)23(29)27(3)14-17-5-4-12-26-13-17/h4-13,16,20-22H,14-15H2,1-3H3/t20-,21?,22?,25-/m0/s1. The summed E-state index contributed by atoms with van der Waals surface area (Å²) < 4.78 is 6.27. The van der Waals surface area contributed by atoms with E-state index in [1.165, 1.54) is 5.56 Å². The maximum atomic E-state index is 13.5. The van der Waals surface area contributed by atoms with Crippen LogP contribution in [0.1, 0.15) is 30.9 Å². The van der Waals surface area contributed by atoms with Gasteiger partial charge in [0.05, 0.1) is 24.5 Å². The monoisotopic (exact) mass is 417 g/mol. The van der Waals surface area contributed by atoms with Crippen LogP contribution in [0.4, 0.5) is 5.69 Å². The van der Waals surface area contributed by atoms with Crippen molar-refractivity contribution >= 4 is 17.5 Å². The summed E-state index contributed by atoms with van der Waals surface area (Å²) in [6.45, 7) is 5.19. The molecule has 4 atom stereocenters. The Morgan fingerprint density at radius 1 is 1.29 bits per heavy atom. The van der Waals surface area contributed by atoms with Gasteiger partial charge >= 0.3 is 0 Å². The number of rotatable bonds is 5. The number of carbonyl (C=O) groups excluding carboxylic acids is 2. The lowest BCUT2D eigenvalue weighted by molar-refractivity contribution is -0.139. The topological polar surface area (TPSA) is 62.7 Å². The van der Waals surface area contributed by atoms with Crippen LogP contribution >= 0.6 is 0 Å². The van der Waals surface area contributed by atoms with E-state index < -0.39 is 17.4 Å². The molecule has 0 N–H and O–H groups in total. The van der Waals surface area contributed by atoms with E-state index >= 15 is 0 Å². The number of benzene rings is 1. The molecule has 2 saturated heterocycles. The van der Waals surface area contributed by atoms with Crippen LogP contribution in [0.2, 0.25) is 0 Å². The molecule has 1 spiro atoms. The van der Waals surface area contributed by atoms with E-state index in [9.17, 15) is 9.59 Å². The van der Waals surface area contributed by atoms with Crippen molar-refractivity contribution in [3.63, 3.8) is 0 Å². The first-order valence-corrected chi connectivity index (χ1v) is 10.8. The molecule has 2 fully saturated rings. The fourth-order valence-electron chi connectivity index (χ4n) is 5.14. The minimum absolute atomic E-state index is 0.0303. The highest BCUT2D eigenvalue weighted by molar-refractivity contribution is 6.03. The molecule has 160 valence electrons.